The highest BCUT2D eigenvalue weighted by Crippen LogP contribution is 2.22. The van der Waals surface area contributed by atoms with Gasteiger partial charge in [-0.25, -0.2) is 0 Å². The second-order valence-corrected chi connectivity index (χ2v) is 8.77. The fourth-order valence-electron chi connectivity index (χ4n) is 3.73. The van der Waals surface area contributed by atoms with Crippen molar-refractivity contribution in [1.82, 2.24) is 9.80 Å². The summed E-state index contributed by atoms with van der Waals surface area (Å²) in [5.41, 5.74) is 0. The van der Waals surface area contributed by atoms with Crippen molar-refractivity contribution in [3.05, 3.63) is 0 Å². The third-order valence-electron chi connectivity index (χ3n) is 5.09. The number of aliphatic imine (C=N–C) groups is 1. The zero-order valence-electron chi connectivity index (χ0n) is 16.0. The molecule has 0 aromatic heterocycles. The zero-order chi connectivity index (χ0) is 19.7. The Bertz CT molecular complexity index is 667. The fraction of sp³-hybridized carbons (Fsp3) is 0.833. The molecule has 2 fully saturated rings. The molecule has 2 rings (SSSR count). The molecule has 0 aromatic carbocycles. The maximum absolute atomic E-state index is 11.0. The molecule has 2 aliphatic heterocycles. The highest BCUT2D eigenvalue weighted by molar-refractivity contribution is 7.85. The summed E-state index contributed by atoms with van der Waals surface area (Å²) in [6.45, 7) is 4.31. The predicted molar refractivity (Wildman–Crippen MR) is 102 cm³/mol. The van der Waals surface area contributed by atoms with E-state index in [1.165, 1.54) is 32.4 Å². The summed E-state index contributed by atoms with van der Waals surface area (Å²) in [5.74, 6) is -0.385. The van der Waals surface area contributed by atoms with Crippen molar-refractivity contribution in [1.29, 1.82) is 10.5 Å². The second-order valence-electron chi connectivity index (χ2n) is 7.13. The highest BCUT2D eigenvalue weighted by atomic mass is 32.2. The van der Waals surface area contributed by atoms with Crippen LogP contribution in [0.25, 0.3) is 0 Å². The van der Waals surface area contributed by atoms with Gasteiger partial charge in [-0.15, -0.1) is 0 Å². The van der Waals surface area contributed by atoms with Crippen molar-refractivity contribution in [2.75, 3.05) is 45.6 Å². The van der Waals surface area contributed by atoms with E-state index in [1.54, 1.807) is 0 Å². The Morgan fingerprint density at radius 3 is 2.33 bits per heavy atom. The molecule has 0 bridgehead atoms. The van der Waals surface area contributed by atoms with E-state index in [0.29, 0.717) is 24.8 Å². The maximum Gasteiger partial charge on any atom is 0.264 e. The Hall–Kier alpha value is -1.68. The maximum atomic E-state index is 11.0. The number of hydrogen-bond acceptors (Lipinski definition) is 7. The summed E-state index contributed by atoms with van der Waals surface area (Å²) in [6, 6.07) is 4.61. The Morgan fingerprint density at radius 1 is 1.15 bits per heavy atom. The normalized spacial score (nSPS) is 20.4. The quantitative estimate of drug-likeness (QED) is 0.277. The lowest BCUT2D eigenvalue weighted by Crippen LogP contribution is -2.49. The first kappa shape index (κ1) is 21.6. The van der Waals surface area contributed by atoms with E-state index in [-0.39, 0.29) is 6.61 Å². The van der Waals surface area contributed by atoms with Crippen LogP contribution < -0.4 is 0 Å². The summed E-state index contributed by atoms with van der Waals surface area (Å²) >= 11 is 0. The van der Waals surface area contributed by atoms with E-state index in [0.717, 1.165) is 32.2 Å². The smallest absolute Gasteiger partial charge is 0.264 e. The lowest BCUT2D eigenvalue weighted by molar-refractivity contribution is 0.114. The van der Waals surface area contributed by atoms with Crippen LogP contribution in [0.15, 0.2) is 4.99 Å². The van der Waals surface area contributed by atoms with E-state index in [1.807, 2.05) is 12.1 Å². The summed E-state index contributed by atoms with van der Waals surface area (Å²) in [6.07, 6.45) is 7.32. The molecule has 2 aliphatic rings. The van der Waals surface area contributed by atoms with Crippen molar-refractivity contribution in [2.24, 2.45) is 10.9 Å². The van der Waals surface area contributed by atoms with Gasteiger partial charge >= 0.3 is 0 Å². The number of nitriles is 2. The molecule has 2 heterocycles. The molecule has 9 heteroatoms. The molecule has 0 amide bonds. The van der Waals surface area contributed by atoms with E-state index in [4.69, 9.17) is 4.18 Å². The molecule has 0 saturated carbocycles. The van der Waals surface area contributed by atoms with E-state index in [2.05, 4.69) is 14.8 Å². The van der Waals surface area contributed by atoms with E-state index in [9.17, 15) is 18.9 Å². The lowest BCUT2D eigenvalue weighted by Gasteiger charge is -2.41. The summed E-state index contributed by atoms with van der Waals surface area (Å²) in [4.78, 5) is 9.08. The number of amidine groups is 1. The number of piperidine rings is 2. The summed E-state index contributed by atoms with van der Waals surface area (Å²) in [5, 5.41) is 18.6. The molecular formula is C18H29N5O3S. The number of nitrogens with zero attached hydrogens (tertiary/aromatic N) is 5. The van der Waals surface area contributed by atoms with Gasteiger partial charge in [0.15, 0.2) is 5.92 Å². The third-order valence-corrected chi connectivity index (χ3v) is 5.68. The Morgan fingerprint density at radius 2 is 1.78 bits per heavy atom. The van der Waals surface area contributed by atoms with Gasteiger partial charge in [-0.2, -0.15) is 18.9 Å². The summed E-state index contributed by atoms with van der Waals surface area (Å²) < 4.78 is 26.7. The molecule has 0 N–H and O–H groups in total. The first-order chi connectivity index (χ1) is 12.9. The zero-order valence-corrected chi connectivity index (χ0v) is 16.8. The topological polar surface area (TPSA) is 110 Å². The van der Waals surface area contributed by atoms with Gasteiger partial charge in [0.05, 0.1) is 25.0 Å². The average molecular weight is 396 g/mol. The molecule has 0 aliphatic carbocycles. The molecule has 0 unspecified atom stereocenters. The number of rotatable bonds is 7. The average Bonchev–Trinajstić information content (AvgIpc) is 2.67. The van der Waals surface area contributed by atoms with E-state index >= 15 is 0 Å². The van der Waals surface area contributed by atoms with Gasteiger partial charge in [-0.1, -0.05) is 6.42 Å². The molecular weight excluding hydrogens is 366 g/mol. The van der Waals surface area contributed by atoms with E-state index < -0.39 is 16.0 Å². The van der Waals surface area contributed by atoms with Crippen LogP contribution in [0.2, 0.25) is 0 Å². The summed E-state index contributed by atoms with van der Waals surface area (Å²) in [7, 11) is -3.46. The monoisotopic (exact) mass is 395 g/mol. The van der Waals surface area contributed by atoms with Crippen LogP contribution in [0.5, 0.6) is 0 Å². The molecule has 150 valence electrons. The molecule has 8 nitrogen and oxygen atoms in total. The molecule has 0 atom stereocenters. The molecule has 0 radical (unpaired) electrons. The Labute approximate surface area is 162 Å². The second kappa shape index (κ2) is 10.6. The molecule has 0 spiro atoms. The van der Waals surface area contributed by atoms with Gasteiger partial charge in [0, 0.05) is 25.7 Å². The van der Waals surface area contributed by atoms with Crippen LogP contribution in [-0.4, -0.2) is 75.7 Å². The minimum atomic E-state index is -3.46. The SMILES string of the molecule is CS(=O)(=O)OCCCN=C(C(C#N)C#N)N1CCC(N2CCCCC2)CC1. The van der Waals surface area contributed by atoms with Crippen LogP contribution in [0.1, 0.15) is 38.5 Å². The molecule has 27 heavy (non-hydrogen) atoms. The number of hydrogen-bond donors (Lipinski definition) is 0. The van der Waals surface area contributed by atoms with Crippen molar-refractivity contribution in [3.63, 3.8) is 0 Å². The first-order valence-corrected chi connectivity index (χ1v) is 11.4. The first-order valence-electron chi connectivity index (χ1n) is 9.61. The van der Waals surface area contributed by atoms with Gasteiger partial charge in [0.1, 0.15) is 5.84 Å². The van der Waals surface area contributed by atoms with Crippen molar-refractivity contribution in [2.45, 2.75) is 44.6 Å². The minimum Gasteiger partial charge on any atom is -0.358 e. The fourth-order valence-corrected chi connectivity index (χ4v) is 4.15. The van der Waals surface area contributed by atoms with Gasteiger partial charge in [0.25, 0.3) is 10.1 Å². The van der Waals surface area contributed by atoms with Crippen LogP contribution >= 0.6 is 0 Å². The van der Waals surface area contributed by atoms with Gasteiger partial charge < -0.3 is 9.80 Å². The van der Waals surface area contributed by atoms with Gasteiger partial charge in [-0.05, 0) is 45.2 Å². The van der Waals surface area contributed by atoms with Crippen LogP contribution in [0, 0.1) is 28.6 Å². The Balaban J connectivity index is 1.91. The van der Waals surface area contributed by atoms with Crippen LogP contribution in [-0.2, 0) is 14.3 Å². The molecule has 2 saturated heterocycles. The standard InChI is InChI=1S/C18H29N5O3S/c1-27(24,25)26-13-5-8-21-18(16(14-19)15-20)23-11-6-17(7-12-23)22-9-3-2-4-10-22/h16-17H,2-13H2,1H3. The highest BCUT2D eigenvalue weighted by Gasteiger charge is 2.29. The molecule has 0 aromatic rings. The van der Waals surface area contributed by atoms with Crippen molar-refractivity contribution < 1.29 is 12.6 Å². The largest absolute Gasteiger partial charge is 0.358 e. The van der Waals surface area contributed by atoms with Crippen molar-refractivity contribution >= 4 is 16.0 Å². The van der Waals surface area contributed by atoms with Gasteiger partial charge in [0.2, 0.25) is 0 Å². The number of likely N-dealkylation sites (tertiary alicyclic amines) is 2. The predicted octanol–water partition coefficient (Wildman–Crippen LogP) is 1.36. The minimum absolute atomic E-state index is 0.0520. The van der Waals surface area contributed by atoms with Crippen molar-refractivity contribution in [3.8, 4) is 12.1 Å². The lowest BCUT2D eigenvalue weighted by atomic mass is 9.98. The third kappa shape index (κ3) is 7.10. The van der Waals surface area contributed by atoms with Gasteiger partial charge in [-0.3, -0.25) is 9.18 Å². The van der Waals surface area contributed by atoms with Crippen LogP contribution in [0.4, 0.5) is 0 Å². The van der Waals surface area contributed by atoms with Crippen LogP contribution in [0.3, 0.4) is 0 Å². The Kier molecular flexibility index (Phi) is 8.49.